The van der Waals surface area contributed by atoms with E-state index < -0.39 is 11.6 Å². The van der Waals surface area contributed by atoms with Gasteiger partial charge in [-0.3, -0.25) is 9.78 Å². The van der Waals surface area contributed by atoms with Crippen molar-refractivity contribution < 1.29 is 22.4 Å². The third-order valence-corrected chi connectivity index (χ3v) is 8.98. The molecule has 0 unspecified atom stereocenters. The van der Waals surface area contributed by atoms with Gasteiger partial charge in [0.05, 0.1) is 5.41 Å². The highest BCUT2D eigenvalue weighted by Gasteiger charge is 2.58. The molecule has 1 amide bonds. The van der Waals surface area contributed by atoms with E-state index in [9.17, 15) is 22.4 Å². The molecule has 2 aliphatic heterocycles. The fourth-order valence-corrected chi connectivity index (χ4v) is 6.24. The van der Waals surface area contributed by atoms with Crippen LogP contribution in [0.2, 0.25) is 0 Å². The van der Waals surface area contributed by atoms with Crippen LogP contribution >= 0.6 is 0 Å². The van der Waals surface area contributed by atoms with Gasteiger partial charge in [0.15, 0.2) is 0 Å². The minimum Gasteiger partial charge on any atom is -0.337 e. The monoisotopic (exact) mass is 531 g/mol. The van der Waals surface area contributed by atoms with E-state index in [-0.39, 0.29) is 31.1 Å². The molecule has 4 nitrogen and oxygen atoms in total. The van der Waals surface area contributed by atoms with E-state index in [2.05, 4.69) is 4.98 Å². The number of rotatable bonds is 7. The van der Waals surface area contributed by atoms with Crippen molar-refractivity contribution in [2.45, 2.75) is 70.4 Å². The van der Waals surface area contributed by atoms with Crippen molar-refractivity contribution in [1.82, 2.24) is 14.8 Å². The first kappa shape index (κ1) is 27.1. The average Bonchev–Trinajstić information content (AvgIpc) is 2.90. The molecule has 0 atom stereocenters. The van der Waals surface area contributed by atoms with Gasteiger partial charge < -0.3 is 9.80 Å². The summed E-state index contributed by atoms with van der Waals surface area (Å²) in [6.45, 7) is 3.04. The number of aromatic nitrogens is 1. The summed E-state index contributed by atoms with van der Waals surface area (Å²) in [6, 6.07) is 8.76. The molecule has 2 aromatic rings. The quantitative estimate of drug-likeness (QED) is 0.365. The number of piperidine rings is 2. The number of nitrogens with zero attached hydrogens (tertiary/aromatic N) is 3. The Kier molecular flexibility index (Phi) is 8.08. The van der Waals surface area contributed by atoms with Crippen LogP contribution in [0, 0.1) is 17.2 Å². The Labute approximate surface area is 222 Å². The van der Waals surface area contributed by atoms with Crippen molar-refractivity contribution in [1.29, 1.82) is 0 Å². The SMILES string of the molecule is O=C(c1ccc(-c2ccc(CCC3CCN(CC4(C(F)(F)F)CCC4)CC3)c(F)c2)cn1)N1CCCCC1. The van der Waals surface area contributed by atoms with E-state index in [4.69, 9.17) is 0 Å². The molecule has 2 saturated heterocycles. The second kappa shape index (κ2) is 11.3. The smallest absolute Gasteiger partial charge is 0.337 e. The van der Waals surface area contributed by atoms with Gasteiger partial charge in [0, 0.05) is 31.4 Å². The first-order valence-corrected chi connectivity index (χ1v) is 14.1. The largest absolute Gasteiger partial charge is 0.395 e. The van der Waals surface area contributed by atoms with Crippen molar-refractivity contribution >= 4 is 5.91 Å². The predicted molar refractivity (Wildman–Crippen MR) is 139 cm³/mol. The third-order valence-electron chi connectivity index (χ3n) is 8.98. The number of hydrogen-bond acceptors (Lipinski definition) is 3. The molecule has 3 aliphatic rings. The maximum absolute atomic E-state index is 14.9. The number of hydrogen-bond donors (Lipinski definition) is 0. The average molecular weight is 532 g/mol. The van der Waals surface area contributed by atoms with Crippen LogP contribution in [0.5, 0.6) is 0 Å². The van der Waals surface area contributed by atoms with Crippen LogP contribution in [-0.4, -0.2) is 59.6 Å². The summed E-state index contributed by atoms with van der Waals surface area (Å²) in [5.41, 5.74) is 1.06. The minimum atomic E-state index is -4.12. The van der Waals surface area contributed by atoms with Gasteiger partial charge in [-0.15, -0.1) is 0 Å². The zero-order valence-electron chi connectivity index (χ0n) is 21.9. The van der Waals surface area contributed by atoms with E-state index >= 15 is 0 Å². The van der Waals surface area contributed by atoms with Crippen molar-refractivity contribution in [3.05, 3.63) is 53.6 Å². The Hall–Kier alpha value is -2.48. The van der Waals surface area contributed by atoms with Gasteiger partial charge >= 0.3 is 6.18 Å². The van der Waals surface area contributed by atoms with E-state index in [1.54, 1.807) is 12.3 Å². The molecule has 1 aromatic heterocycles. The van der Waals surface area contributed by atoms with Crippen LogP contribution in [0.4, 0.5) is 17.6 Å². The van der Waals surface area contributed by atoms with Gasteiger partial charge in [-0.25, -0.2) is 4.39 Å². The summed E-state index contributed by atoms with van der Waals surface area (Å²) in [4.78, 5) is 20.8. The second-order valence-corrected chi connectivity index (χ2v) is 11.5. The van der Waals surface area contributed by atoms with E-state index in [1.807, 2.05) is 28.0 Å². The van der Waals surface area contributed by atoms with Gasteiger partial charge in [0.25, 0.3) is 5.91 Å². The van der Waals surface area contributed by atoms with E-state index in [0.717, 1.165) is 62.7 Å². The van der Waals surface area contributed by atoms with E-state index in [1.165, 1.54) is 6.07 Å². The zero-order chi connectivity index (χ0) is 26.8. The molecule has 1 aliphatic carbocycles. The van der Waals surface area contributed by atoms with Crippen LogP contribution in [-0.2, 0) is 6.42 Å². The molecule has 5 rings (SSSR count). The van der Waals surface area contributed by atoms with Crippen molar-refractivity contribution in [2.24, 2.45) is 11.3 Å². The number of carbonyl (C=O) groups excluding carboxylic acids is 1. The van der Waals surface area contributed by atoms with Crippen LogP contribution in [0.15, 0.2) is 36.5 Å². The standard InChI is InChI=1S/C30H37F4N3O/c31-26-19-24(25-9-10-27(35-20-25)28(38)37-15-2-1-3-16-37)8-7-23(26)6-5-22-11-17-36(18-12-22)21-29(13-4-14-29)30(32,33)34/h7-10,19-20,22H,1-6,11-18,21H2. The maximum Gasteiger partial charge on any atom is 0.395 e. The maximum atomic E-state index is 14.9. The lowest BCUT2D eigenvalue weighted by Gasteiger charge is -2.47. The first-order chi connectivity index (χ1) is 18.2. The fraction of sp³-hybridized carbons (Fsp3) is 0.600. The van der Waals surface area contributed by atoms with Gasteiger partial charge in [0.1, 0.15) is 11.5 Å². The Morgan fingerprint density at radius 1 is 0.947 bits per heavy atom. The number of alkyl halides is 3. The number of halogens is 4. The van der Waals surface area contributed by atoms with Gasteiger partial charge in [-0.2, -0.15) is 13.2 Å². The van der Waals surface area contributed by atoms with Crippen LogP contribution in [0.3, 0.4) is 0 Å². The number of pyridine rings is 1. The summed E-state index contributed by atoms with van der Waals surface area (Å²) < 4.78 is 55.5. The Bertz CT molecular complexity index is 1100. The van der Waals surface area contributed by atoms with Crippen LogP contribution < -0.4 is 0 Å². The summed E-state index contributed by atoms with van der Waals surface area (Å²) >= 11 is 0. The first-order valence-electron chi connectivity index (χ1n) is 14.1. The predicted octanol–water partition coefficient (Wildman–Crippen LogP) is 6.89. The van der Waals surface area contributed by atoms with Crippen molar-refractivity contribution in [3.8, 4) is 11.1 Å². The molecule has 0 spiro atoms. The Morgan fingerprint density at radius 3 is 2.24 bits per heavy atom. The molecule has 8 heteroatoms. The highest BCUT2D eigenvalue weighted by molar-refractivity contribution is 5.92. The lowest BCUT2D eigenvalue weighted by Crippen LogP contribution is -2.53. The zero-order valence-corrected chi connectivity index (χ0v) is 21.9. The minimum absolute atomic E-state index is 0.0495. The fourth-order valence-electron chi connectivity index (χ4n) is 6.24. The third kappa shape index (κ3) is 5.90. The molecule has 206 valence electrons. The molecule has 1 saturated carbocycles. The number of amides is 1. The highest BCUT2D eigenvalue weighted by Crippen LogP contribution is 2.53. The number of benzene rings is 1. The van der Waals surface area contributed by atoms with Crippen LogP contribution in [0.25, 0.3) is 11.1 Å². The molecule has 3 fully saturated rings. The molecular weight excluding hydrogens is 494 g/mol. The van der Waals surface area contributed by atoms with Gasteiger partial charge in [-0.1, -0.05) is 24.6 Å². The summed E-state index contributed by atoms with van der Waals surface area (Å²) in [7, 11) is 0. The molecular formula is C30H37F4N3O. The molecule has 38 heavy (non-hydrogen) atoms. The topological polar surface area (TPSA) is 36.4 Å². The number of likely N-dealkylation sites (tertiary alicyclic amines) is 2. The summed E-state index contributed by atoms with van der Waals surface area (Å²) in [6.07, 6.45) is 5.07. The molecule has 0 N–H and O–H groups in total. The van der Waals surface area contributed by atoms with E-state index in [0.29, 0.717) is 43.1 Å². The van der Waals surface area contributed by atoms with Gasteiger partial charge in [0.2, 0.25) is 0 Å². The number of carbonyl (C=O) groups is 1. The number of aryl methyl sites for hydroxylation is 1. The Morgan fingerprint density at radius 2 is 1.66 bits per heavy atom. The van der Waals surface area contributed by atoms with Crippen LogP contribution in [0.1, 0.15) is 73.8 Å². The lowest BCUT2D eigenvalue weighted by molar-refractivity contribution is -0.256. The normalized spacial score (nSPS) is 20.8. The lowest BCUT2D eigenvalue weighted by atomic mass is 9.67. The Balaban J connectivity index is 1.11. The summed E-state index contributed by atoms with van der Waals surface area (Å²) in [5, 5.41) is 0. The van der Waals surface area contributed by atoms with Crippen molar-refractivity contribution in [2.75, 3.05) is 32.7 Å². The second-order valence-electron chi connectivity index (χ2n) is 11.5. The molecule has 0 bridgehead atoms. The molecule has 1 aromatic carbocycles. The summed E-state index contributed by atoms with van der Waals surface area (Å²) in [5.74, 6) is 0.0970. The van der Waals surface area contributed by atoms with Crippen molar-refractivity contribution in [3.63, 3.8) is 0 Å². The van der Waals surface area contributed by atoms with Gasteiger partial charge in [-0.05, 0) is 100 Å². The molecule has 3 heterocycles. The molecule has 0 radical (unpaired) electrons. The highest BCUT2D eigenvalue weighted by atomic mass is 19.4.